The molecule has 1 saturated heterocycles. The molecule has 9 nitrogen and oxygen atoms in total. The number of nitrogens with two attached hydrogens (primary N) is 1. The van der Waals surface area contributed by atoms with E-state index in [9.17, 15) is 14.0 Å². The van der Waals surface area contributed by atoms with Crippen molar-refractivity contribution in [1.29, 1.82) is 0 Å². The Balaban J connectivity index is 1.48. The SMILES string of the molecule is CC1(C)Cc2cc(NC(=O)c3cnn4cccnc34)c(N3CCC(F)(C(N)=O)CC3)cc2O1. The van der Waals surface area contributed by atoms with Crippen LogP contribution in [-0.4, -0.2) is 50.8 Å². The van der Waals surface area contributed by atoms with Crippen LogP contribution in [0.4, 0.5) is 15.8 Å². The molecule has 0 unspecified atom stereocenters. The molecule has 172 valence electrons. The third kappa shape index (κ3) is 3.75. The number of nitrogens with one attached hydrogen (secondary N) is 1. The number of halogens is 1. The molecular weight excluding hydrogens is 427 g/mol. The Labute approximate surface area is 189 Å². The average Bonchev–Trinajstić information content (AvgIpc) is 3.33. The summed E-state index contributed by atoms with van der Waals surface area (Å²) < 4.78 is 22.4. The molecule has 3 N–H and O–H groups in total. The first kappa shape index (κ1) is 21.2. The molecule has 3 aromatic rings. The van der Waals surface area contributed by atoms with E-state index in [0.717, 1.165) is 11.3 Å². The van der Waals surface area contributed by atoms with Crippen molar-refractivity contribution in [2.45, 2.75) is 44.4 Å². The lowest BCUT2D eigenvalue weighted by Gasteiger charge is -2.36. The van der Waals surface area contributed by atoms with Crippen LogP contribution in [0.5, 0.6) is 5.75 Å². The van der Waals surface area contributed by atoms with E-state index in [1.165, 1.54) is 10.7 Å². The average molecular weight is 452 g/mol. The number of amides is 2. The van der Waals surface area contributed by atoms with Crippen molar-refractivity contribution in [2.75, 3.05) is 23.3 Å². The number of alkyl halides is 1. The van der Waals surface area contributed by atoms with Crippen LogP contribution < -0.4 is 20.7 Å². The maximum Gasteiger partial charge on any atom is 0.261 e. The molecule has 5 rings (SSSR count). The topological polar surface area (TPSA) is 115 Å². The number of nitrogens with zero attached hydrogens (tertiary/aromatic N) is 4. The fraction of sp³-hybridized carbons (Fsp3) is 0.391. The highest BCUT2D eigenvalue weighted by Gasteiger charge is 2.41. The van der Waals surface area contributed by atoms with Gasteiger partial charge in [0.25, 0.3) is 11.8 Å². The molecule has 1 aromatic carbocycles. The Morgan fingerprint density at radius 2 is 2.00 bits per heavy atom. The lowest BCUT2D eigenvalue weighted by atomic mass is 9.92. The smallest absolute Gasteiger partial charge is 0.261 e. The summed E-state index contributed by atoms with van der Waals surface area (Å²) in [6.45, 7) is 4.56. The molecule has 0 aliphatic carbocycles. The molecule has 2 amide bonds. The van der Waals surface area contributed by atoms with E-state index in [0.29, 0.717) is 29.0 Å². The third-order valence-corrected chi connectivity index (χ3v) is 6.29. The second kappa shape index (κ2) is 7.43. The van der Waals surface area contributed by atoms with Crippen LogP contribution in [0.25, 0.3) is 5.65 Å². The van der Waals surface area contributed by atoms with E-state index in [1.54, 1.807) is 18.5 Å². The van der Waals surface area contributed by atoms with Gasteiger partial charge in [0, 0.05) is 56.4 Å². The van der Waals surface area contributed by atoms with Crippen LogP contribution in [0.15, 0.2) is 36.8 Å². The minimum Gasteiger partial charge on any atom is -0.487 e. The molecule has 0 spiro atoms. The summed E-state index contributed by atoms with van der Waals surface area (Å²) in [7, 11) is 0. The zero-order valence-electron chi connectivity index (χ0n) is 18.5. The summed E-state index contributed by atoms with van der Waals surface area (Å²) in [5.41, 5.74) is 5.94. The zero-order chi connectivity index (χ0) is 23.4. The van der Waals surface area contributed by atoms with Crippen molar-refractivity contribution >= 4 is 28.8 Å². The Morgan fingerprint density at radius 3 is 2.73 bits per heavy atom. The molecule has 0 radical (unpaired) electrons. The van der Waals surface area contributed by atoms with E-state index in [4.69, 9.17) is 10.5 Å². The quantitative estimate of drug-likeness (QED) is 0.629. The maximum absolute atomic E-state index is 14.7. The number of rotatable bonds is 4. The van der Waals surface area contributed by atoms with Crippen LogP contribution in [-0.2, 0) is 11.2 Å². The van der Waals surface area contributed by atoms with Crippen LogP contribution in [0.3, 0.4) is 0 Å². The van der Waals surface area contributed by atoms with Gasteiger partial charge in [0.1, 0.15) is 16.9 Å². The number of hydrogen-bond donors (Lipinski definition) is 2. The molecule has 2 aromatic heterocycles. The van der Waals surface area contributed by atoms with Gasteiger partial charge < -0.3 is 20.7 Å². The second-order valence-electron chi connectivity index (χ2n) is 9.23. The number of aromatic nitrogens is 3. The molecular formula is C23H25FN6O3. The van der Waals surface area contributed by atoms with E-state index in [-0.39, 0.29) is 37.4 Å². The van der Waals surface area contributed by atoms with Gasteiger partial charge in [-0.25, -0.2) is 13.9 Å². The Bertz CT molecular complexity index is 1260. The molecule has 2 aliphatic heterocycles. The van der Waals surface area contributed by atoms with Crippen molar-refractivity contribution in [1.82, 2.24) is 14.6 Å². The van der Waals surface area contributed by atoms with Crippen molar-refractivity contribution < 1.29 is 18.7 Å². The van der Waals surface area contributed by atoms with Crippen LogP contribution >= 0.6 is 0 Å². The standard InChI is InChI=1S/C23H25FN6O3/c1-22(2)12-14-10-16(28-20(31)15-13-27-30-7-3-6-26-19(15)30)17(11-18(14)33-22)29-8-4-23(24,5-9-29)21(25)32/h3,6-7,10-11,13H,4-5,8-9,12H2,1-2H3,(H2,25,32)(H,28,31). The molecule has 0 atom stereocenters. The van der Waals surface area contributed by atoms with Crippen LogP contribution in [0.1, 0.15) is 42.6 Å². The van der Waals surface area contributed by atoms with E-state index < -0.39 is 11.6 Å². The van der Waals surface area contributed by atoms with Gasteiger partial charge in [0.15, 0.2) is 11.3 Å². The summed E-state index contributed by atoms with van der Waals surface area (Å²) in [6, 6.07) is 5.51. The highest BCUT2D eigenvalue weighted by molar-refractivity contribution is 6.09. The van der Waals surface area contributed by atoms with Gasteiger partial charge in [-0.3, -0.25) is 9.59 Å². The minimum absolute atomic E-state index is 0.0167. The van der Waals surface area contributed by atoms with Gasteiger partial charge in [-0.2, -0.15) is 5.10 Å². The number of carbonyl (C=O) groups excluding carboxylic acids is 2. The van der Waals surface area contributed by atoms with E-state index >= 15 is 0 Å². The normalized spacial score (nSPS) is 18.6. The molecule has 10 heteroatoms. The monoisotopic (exact) mass is 452 g/mol. The van der Waals surface area contributed by atoms with Gasteiger partial charge in [0.05, 0.1) is 17.6 Å². The Morgan fingerprint density at radius 1 is 1.24 bits per heavy atom. The Hall–Kier alpha value is -3.69. The van der Waals surface area contributed by atoms with Crippen molar-refractivity contribution in [3.05, 3.63) is 47.9 Å². The maximum atomic E-state index is 14.7. The van der Waals surface area contributed by atoms with Gasteiger partial charge >= 0.3 is 0 Å². The van der Waals surface area contributed by atoms with Crippen molar-refractivity contribution in [3.63, 3.8) is 0 Å². The molecule has 0 bridgehead atoms. The minimum atomic E-state index is -2.02. The van der Waals surface area contributed by atoms with Crippen molar-refractivity contribution in [2.24, 2.45) is 5.73 Å². The zero-order valence-corrected chi connectivity index (χ0v) is 18.5. The third-order valence-electron chi connectivity index (χ3n) is 6.29. The van der Waals surface area contributed by atoms with Gasteiger partial charge in [-0.15, -0.1) is 0 Å². The first-order chi connectivity index (χ1) is 15.7. The lowest BCUT2D eigenvalue weighted by Crippen LogP contribution is -2.49. The summed E-state index contributed by atoms with van der Waals surface area (Å²) >= 11 is 0. The number of hydrogen-bond acceptors (Lipinski definition) is 6. The first-order valence-electron chi connectivity index (χ1n) is 10.8. The fourth-order valence-electron chi connectivity index (χ4n) is 4.53. The highest BCUT2D eigenvalue weighted by Crippen LogP contribution is 2.43. The van der Waals surface area contributed by atoms with Gasteiger partial charge in [-0.05, 0) is 26.0 Å². The first-order valence-corrected chi connectivity index (χ1v) is 10.8. The number of piperidine rings is 1. The number of ether oxygens (including phenoxy) is 1. The lowest BCUT2D eigenvalue weighted by molar-refractivity contribution is -0.130. The summed E-state index contributed by atoms with van der Waals surface area (Å²) in [5, 5.41) is 7.17. The second-order valence-corrected chi connectivity index (χ2v) is 9.23. The van der Waals surface area contributed by atoms with Gasteiger partial charge in [0.2, 0.25) is 0 Å². The van der Waals surface area contributed by atoms with Crippen LogP contribution in [0.2, 0.25) is 0 Å². The molecule has 0 saturated carbocycles. The predicted molar refractivity (Wildman–Crippen MR) is 120 cm³/mol. The molecule has 2 aliphatic rings. The largest absolute Gasteiger partial charge is 0.487 e. The number of fused-ring (bicyclic) bond motifs is 2. The number of benzene rings is 1. The van der Waals surface area contributed by atoms with Crippen molar-refractivity contribution in [3.8, 4) is 5.75 Å². The fourth-order valence-corrected chi connectivity index (χ4v) is 4.53. The molecule has 4 heterocycles. The number of carbonyl (C=O) groups is 2. The summed E-state index contributed by atoms with van der Waals surface area (Å²) in [6.07, 6.45) is 5.45. The Kier molecular flexibility index (Phi) is 4.77. The number of primary amides is 1. The predicted octanol–water partition coefficient (Wildman–Crippen LogP) is 2.49. The van der Waals surface area contributed by atoms with Crippen LogP contribution in [0, 0.1) is 0 Å². The number of anilines is 2. The van der Waals surface area contributed by atoms with E-state index in [2.05, 4.69) is 15.4 Å². The summed E-state index contributed by atoms with van der Waals surface area (Å²) in [5.74, 6) is -0.551. The van der Waals surface area contributed by atoms with E-state index in [1.807, 2.05) is 30.9 Å². The molecule has 33 heavy (non-hydrogen) atoms. The van der Waals surface area contributed by atoms with Gasteiger partial charge in [-0.1, -0.05) is 0 Å². The highest BCUT2D eigenvalue weighted by atomic mass is 19.1. The summed E-state index contributed by atoms with van der Waals surface area (Å²) in [4.78, 5) is 30.9. The molecule has 1 fully saturated rings.